The minimum absolute atomic E-state index is 0.372. The van der Waals surface area contributed by atoms with Gasteiger partial charge in [0, 0.05) is 11.4 Å². The molecule has 1 aliphatic rings. The number of ether oxygens (including phenoxy) is 1. The highest BCUT2D eigenvalue weighted by Gasteiger charge is 2.27. The SMILES string of the molecule is COC(=O)c1ccc2cc(S(C)(C)C)n(C3CCC3)c2n1. The summed E-state index contributed by atoms with van der Waals surface area (Å²) in [5.74, 6) is -0.372. The summed E-state index contributed by atoms with van der Waals surface area (Å²) < 4.78 is 7.17. The molecular weight excluding hydrogens is 284 g/mol. The Kier molecular flexibility index (Phi) is 3.48. The zero-order valence-electron chi connectivity index (χ0n) is 13.0. The van der Waals surface area contributed by atoms with Crippen LogP contribution in [0.2, 0.25) is 0 Å². The summed E-state index contributed by atoms with van der Waals surface area (Å²) in [4.78, 5) is 16.3. The van der Waals surface area contributed by atoms with Crippen molar-refractivity contribution in [1.82, 2.24) is 9.55 Å². The second-order valence-corrected chi connectivity index (χ2v) is 10.5. The fraction of sp³-hybridized carbons (Fsp3) is 0.500. The van der Waals surface area contributed by atoms with Crippen LogP contribution in [0.15, 0.2) is 23.2 Å². The molecule has 114 valence electrons. The van der Waals surface area contributed by atoms with Crippen molar-refractivity contribution >= 4 is 27.0 Å². The Balaban J connectivity index is 2.22. The van der Waals surface area contributed by atoms with E-state index in [1.165, 1.54) is 31.4 Å². The van der Waals surface area contributed by atoms with E-state index in [9.17, 15) is 4.79 Å². The number of aromatic nitrogens is 2. The molecule has 21 heavy (non-hydrogen) atoms. The lowest BCUT2D eigenvalue weighted by molar-refractivity contribution is 0.0594. The predicted octanol–water partition coefficient (Wildman–Crippen LogP) is 3.60. The summed E-state index contributed by atoms with van der Waals surface area (Å²) in [6.45, 7) is 0. The Morgan fingerprint density at radius 2 is 2.05 bits per heavy atom. The van der Waals surface area contributed by atoms with E-state index in [1.807, 2.05) is 6.07 Å². The lowest BCUT2D eigenvalue weighted by atomic mass is 9.93. The maximum absolute atomic E-state index is 11.7. The van der Waals surface area contributed by atoms with E-state index in [0.717, 1.165) is 11.0 Å². The Morgan fingerprint density at radius 1 is 1.33 bits per heavy atom. The number of pyridine rings is 1. The van der Waals surface area contributed by atoms with Crippen molar-refractivity contribution in [3.05, 3.63) is 23.9 Å². The molecule has 0 unspecified atom stereocenters. The highest BCUT2D eigenvalue weighted by molar-refractivity contribution is 8.32. The minimum Gasteiger partial charge on any atom is -0.464 e. The van der Waals surface area contributed by atoms with Crippen LogP contribution in [-0.4, -0.2) is 41.4 Å². The number of hydrogen-bond acceptors (Lipinski definition) is 3. The molecular formula is C16H22N2O2S. The molecule has 0 bridgehead atoms. The second-order valence-electron chi connectivity index (χ2n) is 6.38. The number of rotatable bonds is 3. The first-order valence-electron chi connectivity index (χ1n) is 7.20. The smallest absolute Gasteiger partial charge is 0.356 e. The summed E-state index contributed by atoms with van der Waals surface area (Å²) in [7, 11) is 0.544. The average Bonchev–Trinajstić information content (AvgIpc) is 2.75. The van der Waals surface area contributed by atoms with Crippen LogP contribution in [-0.2, 0) is 4.74 Å². The molecule has 0 radical (unpaired) electrons. The molecule has 4 nitrogen and oxygen atoms in total. The number of carbonyl (C=O) groups excluding carboxylic acids is 1. The Morgan fingerprint density at radius 3 is 2.57 bits per heavy atom. The number of nitrogens with zero attached hydrogens (tertiary/aromatic N) is 2. The second kappa shape index (κ2) is 5.05. The Labute approximate surface area is 126 Å². The number of carbonyl (C=O) groups is 1. The van der Waals surface area contributed by atoms with Crippen molar-refractivity contribution < 1.29 is 9.53 Å². The predicted molar refractivity (Wildman–Crippen MR) is 87.6 cm³/mol. The van der Waals surface area contributed by atoms with Gasteiger partial charge in [-0.25, -0.2) is 19.8 Å². The molecule has 2 heterocycles. The fourth-order valence-electron chi connectivity index (χ4n) is 2.76. The van der Waals surface area contributed by atoms with Gasteiger partial charge in [-0.1, -0.05) is 0 Å². The van der Waals surface area contributed by atoms with Crippen molar-refractivity contribution in [2.24, 2.45) is 0 Å². The third kappa shape index (κ3) is 2.44. The normalized spacial score (nSPS) is 16.8. The summed E-state index contributed by atoms with van der Waals surface area (Å²) in [6.07, 6.45) is 10.6. The van der Waals surface area contributed by atoms with Gasteiger partial charge < -0.3 is 9.30 Å². The highest BCUT2D eigenvalue weighted by Crippen LogP contribution is 2.50. The molecule has 1 aliphatic carbocycles. The molecule has 2 aromatic rings. The number of hydrogen-bond donors (Lipinski definition) is 0. The zero-order valence-corrected chi connectivity index (χ0v) is 13.9. The lowest BCUT2D eigenvalue weighted by Crippen LogP contribution is -2.20. The molecule has 0 spiro atoms. The molecule has 3 rings (SSSR count). The van der Waals surface area contributed by atoms with Crippen LogP contribution in [0.3, 0.4) is 0 Å². The molecule has 5 heteroatoms. The standard InChI is InChI=1S/C16H22N2O2S/c1-20-16(19)13-9-8-11-10-14(21(2,3)4)18(15(11)17-13)12-6-5-7-12/h8-10,12H,5-7H2,1-4H3. The molecule has 0 aliphatic heterocycles. The van der Waals surface area contributed by atoms with Gasteiger partial charge >= 0.3 is 5.97 Å². The first-order valence-corrected chi connectivity index (χ1v) is 10.1. The van der Waals surface area contributed by atoms with Crippen LogP contribution in [0.5, 0.6) is 0 Å². The molecule has 0 aromatic carbocycles. The van der Waals surface area contributed by atoms with E-state index in [4.69, 9.17) is 4.74 Å². The van der Waals surface area contributed by atoms with Crippen molar-refractivity contribution in [2.45, 2.75) is 30.3 Å². The van der Waals surface area contributed by atoms with Gasteiger partial charge in [-0.05, 0) is 56.2 Å². The van der Waals surface area contributed by atoms with E-state index in [-0.39, 0.29) is 5.97 Å². The van der Waals surface area contributed by atoms with E-state index < -0.39 is 10.0 Å². The van der Waals surface area contributed by atoms with E-state index in [2.05, 4.69) is 34.4 Å². The highest BCUT2D eigenvalue weighted by atomic mass is 32.3. The first kappa shape index (κ1) is 14.4. The van der Waals surface area contributed by atoms with Crippen molar-refractivity contribution in [2.75, 3.05) is 25.9 Å². The van der Waals surface area contributed by atoms with Crippen LogP contribution in [0.4, 0.5) is 0 Å². The van der Waals surface area contributed by atoms with Gasteiger partial charge in [-0.2, -0.15) is 0 Å². The van der Waals surface area contributed by atoms with Gasteiger partial charge in [0.1, 0.15) is 5.65 Å². The molecule has 1 fully saturated rings. The van der Waals surface area contributed by atoms with E-state index in [0.29, 0.717) is 11.7 Å². The zero-order chi connectivity index (χ0) is 15.2. The largest absolute Gasteiger partial charge is 0.464 e. The van der Waals surface area contributed by atoms with Crippen LogP contribution in [0, 0.1) is 0 Å². The number of esters is 1. The topological polar surface area (TPSA) is 44.1 Å². The summed E-state index contributed by atoms with van der Waals surface area (Å²) in [6, 6.07) is 6.51. The minimum atomic E-state index is -0.848. The Hall–Kier alpha value is -1.49. The summed E-state index contributed by atoms with van der Waals surface area (Å²) in [5, 5.41) is 2.49. The van der Waals surface area contributed by atoms with Crippen molar-refractivity contribution in [3.8, 4) is 0 Å². The third-order valence-corrected chi connectivity index (χ3v) is 5.68. The number of fused-ring (bicyclic) bond motifs is 1. The number of methoxy groups -OCH3 is 1. The van der Waals surface area contributed by atoms with Gasteiger partial charge in [0.25, 0.3) is 0 Å². The molecule has 0 amide bonds. The third-order valence-electron chi connectivity index (χ3n) is 4.11. The van der Waals surface area contributed by atoms with Crippen LogP contribution in [0.25, 0.3) is 11.0 Å². The van der Waals surface area contributed by atoms with Gasteiger partial charge in [-0.15, -0.1) is 0 Å². The summed E-state index contributed by atoms with van der Waals surface area (Å²) >= 11 is 0. The van der Waals surface area contributed by atoms with Crippen LogP contribution in [0.1, 0.15) is 35.8 Å². The maximum Gasteiger partial charge on any atom is 0.356 e. The van der Waals surface area contributed by atoms with Crippen LogP contribution >= 0.6 is 10.0 Å². The molecule has 0 atom stereocenters. The molecule has 1 saturated carbocycles. The molecule has 0 saturated heterocycles. The van der Waals surface area contributed by atoms with E-state index in [1.54, 1.807) is 6.07 Å². The van der Waals surface area contributed by atoms with Crippen molar-refractivity contribution in [1.29, 1.82) is 0 Å². The fourth-order valence-corrected chi connectivity index (χ4v) is 4.07. The van der Waals surface area contributed by atoms with Gasteiger partial charge in [-0.3, -0.25) is 0 Å². The van der Waals surface area contributed by atoms with Gasteiger partial charge in [0.05, 0.1) is 12.1 Å². The lowest BCUT2D eigenvalue weighted by Gasteiger charge is -2.35. The van der Waals surface area contributed by atoms with Gasteiger partial charge in [0.15, 0.2) is 5.69 Å². The Bertz CT molecular complexity index is 696. The van der Waals surface area contributed by atoms with Crippen molar-refractivity contribution in [3.63, 3.8) is 0 Å². The monoisotopic (exact) mass is 306 g/mol. The average molecular weight is 306 g/mol. The molecule has 2 aromatic heterocycles. The quantitative estimate of drug-likeness (QED) is 0.814. The first-order chi connectivity index (χ1) is 9.91. The summed E-state index contributed by atoms with van der Waals surface area (Å²) in [5.41, 5.74) is 1.32. The maximum atomic E-state index is 11.7. The van der Waals surface area contributed by atoms with Crippen LogP contribution < -0.4 is 0 Å². The van der Waals surface area contributed by atoms with Gasteiger partial charge in [0.2, 0.25) is 0 Å². The van der Waals surface area contributed by atoms with E-state index >= 15 is 0 Å². The molecule has 0 N–H and O–H groups in total.